The number of fused-ring (bicyclic) bond motifs is 1. The maximum Gasteiger partial charge on any atom is 0.325 e. The molecule has 0 saturated carbocycles. The molecular weight excluding hydrogens is 493 g/mol. The predicted molar refractivity (Wildman–Crippen MR) is 130 cm³/mol. The maximum absolute atomic E-state index is 13.7. The number of nitrogens with zero attached hydrogens (tertiary/aromatic N) is 3. The number of rotatable bonds is 5. The Bertz CT molecular complexity index is 1430. The van der Waals surface area contributed by atoms with Crippen molar-refractivity contribution in [2.75, 3.05) is 20.2 Å². The van der Waals surface area contributed by atoms with Crippen molar-refractivity contribution in [2.45, 2.75) is 31.7 Å². The molecule has 2 heterocycles. The van der Waals surface area contributed by atoms with Crippen molar-refractivity contribution < 1.29 is 27.1 Å². The number of hydrogen-bond donors (Lipinski definition) is 0. The molecule has 1 saturated heterocycles. The molecule has 186 valence electrons. The minimum absolute atomic E-state index is 0.119. The monoisotopic (exact) mass is 519 g/mol. The molecule has 11 heteroatoms. The summed E-state index contributed by atoms with van der Waals surface area (Å²) in [6.07, 6.45) is 0.987. The van der Waals surface area contributed by atoms with Gasteiger partial charge in [-0.15, -0.1) is 0 Å². The molecule has 2 unspecified atom stereocenters. The third kappa shape index (κ3) is 5.36. The van der Waals surface area contributed by atoms with E-state index in [1.165, 1.54) is 58.4 Å². The van der Waals surface area contributed by atoms with Crippen LogP contribution in [0.1, 0.15) is 30.6 Å². The van der Waals surface area contributed by atoms with E-state index in [0.717, 1.165) is 17.8 Å². The van der Waals surface area contributed by atoms with Crippen molar-refractivity contribution >= 4 is 43.5 Å². The fraction of sp³-hybridized carbons (Fsp3) is 0.375. The highest BCUT2D eigenvalue weighted by Crippen LogP contribution is 2.27. The zero-order valence-electron chi connectivity index (χ0n) is 19.6. The Morgan fingerprint density at radius 1 is 1.11 bits per heavy atom. The highest BCUT2D eigenvalue weighted by molar-refractivity contribution is 7.89. The number of aromatic nitrogens is 1. The summed E-state index contributed by atoms with van der Waals surface area (Å²) >= 11 is 1.07. The van der Waals surface area contributed by atoms with Gasteiger partial charge in [0, 0.05) is 18.7 Å². The van der Waals surface area contributed by atoms with Gasteiger partial charge in [-0.3, -0.25) is 9.59 Å². The van der Waals surface area contributed by atoms with Gasteiger partial charge in [0.15, 0.2) is 4.80 Å². The van der Waals surface area contributed by atoms with Crippen LogP contribution in [0, 0.1) is 17.7 Å². The van der Waals surface area contributed by atoms with E-state index in [0.29, 0.717) is 23.3 Å². The summed E-state index contributed by atoms with van der Waals surface area (Å²) in [6, 6.07) is 9.74. The van der Waals surface area contributed by atoms with Gasteiger partial charge in [0.25, 0.3) is 5.91 Å². The molecule has 35 heavy (non-hydrogen) atoms. The predicted octanol–water partition coefficient (Wildman–Crippen LogP) is 3.42. The molecule has 0 bridgehead atoms. The first kappa shape index (κ1) is 25.2. The summed E-state index contributed by atoms with van der Waals surface area (Å²) in [5.74, 6) is -1.05. The second-order valence-corrected chi connectivity index (χ2v) is 11.8. The number of piperidine rings is 1. The highest BCUT2D eigenvalue weighted by Gasteiger charge is 2.31. The number of esters is 1. The van der Waals surface area contributed by atoms with Gasteiger partial charge in [-0.05, 0) is 60.7 Å². The first-order chi connectivity index (χ1) is 16.6. The van der Waals surface area contributed by atoms with Crippen molar-refractivity contribution in [2.24, 2.45) is 16.8 Å². The minimum Gasteiger partial charge on any atom is -0.468 e. The standard InChI is InChI=1S/C24H26FN3O5S2/c1-15-10-16(2)13-27(12-15)35(31,32)19-7-4-17(5-8-19)23(30)26-24-28(14-22(29)33-3)20-9-6-18(25)11-21(20)34-24/h4-9,11,15-16H,10,12-14H2,1-3H3. The molecule has 3 aromatic rings. The molecule has 2 aromatic carbocycles. The average Bonchev–Trinajstić information content (AvgIpc) is 3.13. The van der Waals surface area contributed by atoms with Crippen LogP contribution in [0.15, 0.2) is 52.4 Å². The Balaban J connectivity index is 1.65. The van der Waals surface area contributed by atoms with Crippen molar-refractivity contribution in [1.29, 1.82) is 0 Å². The van der Waals surface area contributed by atoms with Crippen LogP contribution in [-0.4, -0.2) is 49.4 Å². The lowest BCUT2D eigenvalue weighted by molar-refractivity contribution is -0.141. The van der Waals surface area contributed by atoms with E-state index in [1.54, 1.807) is 0 Å². The van der Waals surface area contributed by atoms with E-state index in [1.807, 2.05) is 13.8 Å². The molecule has 0 spiro atoms. The minimum atomic E-state index is -3.67. The van der Waals surface area contributed by atoms with E-state index >= 15 is 0 Å². The number of benzene rings is 2. The molecule has 4 rings (SSSR count). The number of halogens is 1. The quantitative estimate of drug-likeness (QED) is 0.481. The Labute approximate surface area is 206 Å². The number of hydrogen-bond acceptors (Lipinski definition) is 6. The molecule has 1 aromatic heterocycles. The third-order valence-corrected chi connectivity index (χ3v) is 8.82. The van der Waals surface area contributed by atoms with E-state index in [2.05, 4.69) is 4.99 Å². The van der Waals surface area contributed by atoms with Gasteiger partial charge in [0.2, 0.25) is 10.0 Å². The average molecular weight is 520 g/mol. The number of carbonyl (C=O) groups is 2. The lowest BCUT2D eigenvalue weighted by atomic mass is 9.94. The zero-order chi connectivity index (χ0) is 25.3. The molecule has 1 aliphatic rings. The number of amides is 1. The van der Waals surface area contributed by atoms with E-state index in [9.17, 15) is 22.4 Å². The highest BCUT2D eigenvalue weighted by atomic mass is 32.2. The van der Waals surface area contributed by atoms with Gasteiger partial charge in [-0.1, -0.05) is 25.2 Å². The van der Waals surface area contributed by atoms with Gasteiger partial charge in [0.05, 0.1) is 22.2 Å². The van der Waals surface area contributed by atoms with Crippen LogP contribution in [0.2, 0.25) is 0 Å². The van der Waals surface area contributed by atoms with Gasteiger partial charge in [0.1, 0.15) is 12.4 Å². The van der Waals surface area contributed by atoms with Crippen LogP contribution in [0.5, 0.6) is 0 Å². The smallest absolute Gasteiger partial charge is 0.325 e. The molecule has 0 aliphatic carbocycles. The first-order valence-corrected chi connectivity index (χ1v) is 13.4. The van der Waals surface area contributed by atoms with Crippen LogP contribution >= 0.6 is 11.3 Å². The summed E-state index contributed by atoms with van der Waals surface area (Å²) in [6.45, 7) is 4.82. The summed E-state index contributed by atoms with van der Waals surface area (Å²) in [7, 11) is -2.42. The van der Waals surface area contributed by atoms with Gasteiger partial charge < -0.3 is 9.30 Å². The van der Waals surface area contributed by atoms with Crippen molar-refractivity contribution in [3.8, 4) is 0 Å². The summed E-state index contributed by atoms with van der Waals surface area (Å²) < 4.78 is 48.1. The largest absolute Gasteiger partial charge is 0.468 e. The second-order valence-electron chi connectivity index (χ2n) is 8.87. The molecule has 1 aliphatic heterocycles. The van der Waals surface area contributed by atoms with Crippen LogP contribution in [0.25, 0.3) is 10.2 Å². The first-order valence-electron chi connectivity index (χ1n) is 11.1. The Morgan fingerprint density at radius 3 is 2.40 bits per heavy atom. The van der Waals surface area contributed by atoms with Gasteiger partial charge in [-0.25, -0.2) is 12.8 Å². The van der Waals surface area contributed by atoms with Crippen molar-refractivity contribution in [1.82, 2.24) is 8.87 Å². The van der Waals surface area contributed by atoms with E-state index in [-0.39, 0.29) is 33.6 Å². The Morgan fingerprint density at radius 2 is 1.77 bits per heavy atom. The molecule has 2 atom stereocenters. The lowest BCUT2D eigenvalue weighted by Crippen LogP contribution is -2.42. The second kappa shape index (κ2) is 10.00. The Hall–Kier alpha value is -2.89. The molecular formula is C24H26FN3O5S2. The molecule has 1 amide bonds. The van der Waals surface area contributed by atoms with Crippen molar-refractivity contribution in [3.63, 3.8) is 0 Å². The SMILES string of the molecule is COC(=O)Cn1c(=NC(=O)c2ccc(S(=O)(=O)N3CC(C)CC(C)C3)cc2)sc2cc(F)ccc21. The fourth-order valence-electron chi connectivity index (χ4n) is 4.35. The van der Waals surface area contributed by atoms with E-state index in [4.69, 9.17) is 4.74 Å². The van der Waals surface area contributed by atoms with Crippen LogP contribution in [0.4, 0.5) is 4.39 Å². The number of sulfonamides is 1. The van der Waals surface area contributed by atoms with Gasteiger partial charge in [-0.2, -0.15) is 9.30 Å². The summed E-state index contributed by atoms with van der Waals surface area (Å²) in [4.78, 5) is 29.3. The normalized spacial score (nSPS) is 19.7. The summed E-state index contributed by atoms with van der Waals surface area (Å²) in [5, 5.41) is 0. The van der Waals surface area contributed by atoms with Crippen LogP contribution in [-0.2, 0) is 26.1 Å². The maximum atomic E-state index is 13.7. The van der Waals surface area contributed by atoms with E-state index < -0.39 is 27.7 Å². The topological polar surface area (TPSA) is 98.0 Å². The van der Waals surface area contributed by atoms with Crippen LogP contribution < -0.4 is 4.80 Å². The lowest BCUT2D eigenvalue weighted by Gasteiger charge is -2.34. The fourth-order valence-corrected chi connectivity index (χ4v) is 7.08. The van der Waals surface area contributed by atoms with Crippen molar-refractivity contribution in [3.05, 3.63) is 58.6 Å². The number of ether oxygens (including phenoxy) is 1. The Kier molecular flexibility index (Phi) is 7.20. The molecule has 0 radical (unpaired) electrons. The zero-order valence-corrected chi connectivity index (χ0v) is 21.2. The molecule has 1 fully saturated rings. The third-order valence-electron chi connectivity index (χ3n) is 5.93. The number of thiazole rings is 1. The molecule has 0 N–H and O–H groups in total. The summed E-state index contributed by atoms with van der Waals surface area (Å²) in [5.41, 5.74) is 0.734. The molecule has 8 nitrogen and oxygen atoms in total. The van der Waals surface area contributed by atoms with Gasteiger partial charge >= 0.3 is 5.97 Å². The number of methoxy groups -OCH3 is 1. The number of carbonyl (C=O) groups excluding carboxylic acids is 2. The van der Waals surface area contributed by atoms with Crippen LogP contribution in [0.3, 0.4) is 0 Å².